The maximum absolute atomic E-state index is 9.52. The molecule has 0 bridgehead atoms. The molecule has 0 radical (unpaired) electrons. The van der Waals surface area contributed by atoms with Gasteiger partial charge in [-0.3, -0.25) is 0 Å². The Morgan fingerprint density at radius 1 is 1.25 bits per heavy atom. The summed E-state index contributed by atoms with van der Waals surface area (Å²) in [5.41, 5.74) is 0.921. The van der Waals surface area contributed by atoms with Gasteiger partial charge in [0, 0.05) is 4.90 Å². The van der Waals surface area contributed by atoms with Crippen molar-refractivity contribution in [2.45, 2.75) is 54.8 Å². The maximum atomic E-state index is 9.52. The molecule has 1 saturated carbocycles. The Hall–Kier alpha value is -1.40. The summed E-state index contributed by atoms with van der Waals surface area (Å²) in [6.07, 6.45) is 4.42. The minimum Gasteiger partial charge on any atom is -0.389 e. The second-order valence-corrected chi connectivity index (χ2v) is 6.23. The van der Waals surface area contributed by atoms with E-state index in [0.717, 1.165) is 15.6 Å². The molecule has 1 heterocycles. The highest BCUT2D eigenvalue weighted by Gasteiger charge is 2.21. The van der Waals surface area contributed by atoms with Crippen LogP contribution < -0.4 is 0 Å². The molecule has 1 aliphatic carbocycles. The molecule has 5 nitrogen and oxygen atoms in total. The lowest BCUT2D eigenvalue weighted by Crippen LogP contribution is -2.08. The van der Waals surface area contributed by atoms with Crippen LogP contribution in [0.3, 0.4) is 0 Å². The van der Waals surface area contributed by atoms with E-state index in [9.17, 15) is 5.11 Å². The number of nitrogens with zero attached hydrogens (tertiary/aromatic N) is 4. The average Bonchev–Trinajstić information content (AvgIpc) is 3.09. The summed E-state index contributed by atoms with van der Waals surface area (Å²) in [5.74, 6) is 0. The normalized spacial score (nSPS) is 17.5. The number of hydrogen-bond donors (Lipinski definition) is 1. The van der Waals surface area contributed by atoms with Crippen molar-refractivity contribution in [3.8, 4) is 0 Å². The first-order chi connectivity index (χ1) is 9.74. The third kappa shape index (κ3) is 2.86. The van der Waals surface area contributed by atoms with Crippen LogP contribution in [0.25, 0.3) is 0 Å². The largest absolute Gasteiger partial charge is 0.389 e. The molecule has 6 heteroatoms. The monoisotopic (exact) mass is 290 g/mol. The van der Waals surface area contributed by atoms with Crippen LogP contribution in [0.4, 0.5) is 0 Å². The van der Waals surface area contributed by atoms with E-state index in [1.807, 2.05) is 28.9 Å². The summed E-state index contributed by atoms with van der Waals surface area (Å²) < 4.78 is 1.96. The van der Waals surface area contributed by atoms with E-state index in [1.54, 1.807) is 18.7 Å². The van der Waals surface area contributed by atoms with E-state index in [4.69, 9.17) is 0 Å². The number of tetrazole rings is 1. The Morgan fingerprint density at radius 3 is 2.60 bits per heavy atom. The molecule has 20 heavy (non-hydrogen) atoms. The molecule has 2 aromatic rings. The number of aliphatic hydroxyl groups is 1. The van der Waals surface area contributed by atoms with Gasteiger partial charge in [-0.05, 0) is 59.7 Å². The lowest BCUT2D eigenvalue weighted by Gasteiger charge is -2.11. The van der Waals surface area contributed by atoms with Crippen molar-refractivity contribution in [3.63, 3.8) is 0 Å². The Kier molecular flexibility index (Phi) is 4.03. The Balaban J connectivity index is 1.76. The van der Waals surface area contributed by atoms with Crippen molar-refractivity contribution in [2.24, 2.45) is 0 Å². The maximum Gasteiger partial charge on any atom is 0.214 e. The van der Waals surface area contributed by atoms with Gasteiger partial charge >= 0.3 is 0 Å². The average molecular weight is 290 g/mol. The summed E-state index contributed by atoms with van der Waals surface area (Å²) in [6, 6.07) is 8.33. The zero-order valence-electron chi connectivity index (χ0n) is 11.4. The second kappa shape index (κ2) is 5.93. The fourth-order valence-corrected chi connectivity index (χ4v) is 3.39. The van der Waals surface area contributed by atoms with Crippen LogP contribution in [-0.2, 0) is 0 Å². The first-order valence-electron chi connectivity index (χ1n) is 6.98. The topological polar surface area (TPSA) is 63.8 Å². The van der Waals surface area contributed by atoms with Gasteiger partial charge in [0.15, 0.2) is 0 Å². The molecule has 1 fully saturated rings. The number of rotatable bonds is 4. The molecule has 1 aliphatic rings. The van der Waals surface area contributed by atoms with Crippen molar-refractivity contribution < 1.29 is 5.11 Å². The van der Waals surface area contributed by atoms with Gasteiger partial charge in [-0.15, -0.1) is 5.10 Å². The Labute approximate surface area is 122 Å². The van der Waals surface area contributed by atoms with Gasteiger partial charge in [0.2, 0.25) is 5.16 Å². The fraction of sp³-hybridized carbons (Fsp3) is 0.500. The molecule has 1 N–H and O–H groups in total. The highest BCUT2D eigenvalue weighted by molar-refractivity contribution is 7.99. The third-order valence-electron chi connectivity index (χ3n) is 3.70. The van der Waals surface area contributed by atoms with Gasteiger partial charge < -0.3 is 5.11 Å². The molecule has 1 aromatic heterocycles. The zero-order chi connectivity index (χ0) is 13.9. The summed E-state index contributed by atoms with van der Waals surface area (Å²) in [4.78, 5) is 1.09. The minimum absolute atomic E-state index is 0.433. The van der Waals surface area contributed by atoms with E-state index in [1.165, 1.54) is 25.7 Å². The molecule has 3 rings (SSSR count). The molecule has 1 aromatic carbocycles. The van der Waals surface area contributed by atoms with Crippen LogP contribution in [-0.4, -0.2) is 25.3 Å². The Morgan fingerprint density at radius 2 is 1.95 bits per heavy atom. The van der Waals surface area contributed by atoms with Gasteiger partial charge in [-0.2, -0.15) is 0 Å². The van der Waals surface area contributed by atoms with Gasteiger partial charge in [-0.1, -0.05) is 25.0 Å². The van der Waals surface area contributed by atoms with Crippen molar-refractivity contribution in [2.75, 3.05) is 0 Å². The molecule has 0 saturated heterocycles. The summed E-state index contributed by atoms with van der Waals surface area (Å²) in [7, 11) is 0. The summed E-state index contributed by atoms with van der Waals surface area (Å²) in [5, 5.41) is 22.4. The third-order valence-corrected chi connectivity index (χ3v) is 4.66. The predicted molar refractivity (Wildman–Crippen MR) is 76.5 cm³/mol. The summed E-state index contributed by atoms with van der Waals surface area (Å²) in [6.45, 7) is 1.77. The predicted octanol–water partition coefficient (Wildman–Crippen LogP) is 2.99. The number of aliphatic hydroxyl groups excluding tert-OH is 1. The van der Waals surface area contributed by atoms with Crippen LogP contribution in [0.15, 0.2) is 34.3 Å². The van der Waals surface area contributed by atoms with E-state index in [-0.39, 0.29) is 0 Å². The van der Waals surface area contributed by atoms with E-state index >= 15 is 0 Å². The van der Waals surface area contributed by atoms with Gasteiger partial charge in [0.25, 0.3) is 0 Å². The summed E-state index contributed by atoms with van der Waals surface area (Å²) >= 11 is 1.57. The lowest BCUT2D eigenvalue weighted by molar-refractivity contribution is 0.199. The molecule has 0 amide bonds. The van der Waals surface area contributed by atoms with Crippen LogP contribution in [0.1, 0.15) is 50.3 Å². The second-order valence-electron chi connectivity index (χ2n) is 5.19. The molecular formula is C14H18N4OS. The Bertz CT molecular complexity index is 561. The lowest BCUT2D eigenvalue weighted by atomic mass is 10.1. The molecular weight excluding hydrogens is 272 g/mol. The first kappa shape index (κ1) is 13.6. The quantitative estimate of drug-likeness (QED) is 0.937. The van der Waals surface area contributed by atoms with Crippen LogP contribution in [0.5, 0.6) is 0 Å². The van der Waals surface area contributed by atoms with Gasteiger partial charge in [-0.25, -0.2) is 4.68 Å². The highest BCUT2D eigenvalue weighted by atomic mass is 32.2. The molecule has 106 valence electrons. The molecule has 1 atom stereocenters. The van der Waals surface area contributed by atoms with Crippen molar-refractivity contribution in [1.82, 2.24) is 20.2 Å². The zero-order valence-corrected chi connectivity index (χ0v) is 12.3. The van der Waals surface area contributed by atoms with Gasteiger partial charge in [0.1, 0.15) is 0 Å². The van der Waals surface area contributed by atoms with Crippen LogP contribution >= 0.6 is 11.8 Å². The number of hydrogen-bond acceptors (Lipinski definition) is 5. The van der Waals surface area contributed by atoms with Crippen molar-refractivity contribution in [3.05, 3.63) is 29.8 Å². The van der Waals surface area contributed by atoms with Crippen LogP contribution in [0.2, 0.25) is 0 Å². The number of benzene rings is 1. The van der Waals surface area contributed by atoms with E-state index in [2.05, 4.69) is 15.5 Å². The highest BCUT2D eigenvalue weighted by Crippen LogP contribution is 2.33. The molecule has 0 unspecified atom stereocenters. The first-order valence-corrected chi connectivity index (χ1v) is 7.79. The van der Waals surface area contributed by atoms with Crippen molar-refractivity contribution in [1.29, 1.82) is 0 Å². The molecule has 0 spiro atoms. The number of aromatic nitrogens is 4. The van der Waals surface area contributed by atoms with E-state index < -0.39 is 6.10 Å². The van der Waals surface area contributed by atoms with Crippen LogP contribution in [0, 0.1) is 0 Å². The standard InChI is InChI=1S/C14H18N4OS/c1-10(19)11-6-8-13(9-7-11)20-14-15-16-17-18(14)12-4-2-3-5-12/h6-10,12,19H,2-5H2,1H3/t10-/m1/s1. The fourth-order valence-electron chi connectivity index (χ4n) is 2.55. The smallest absolute Gasteiger partial charge is 0.214 e. The minimum atomic E-state index is -0.433. The SMILES string of the molecule is C[C@@H](O)c1ccc(Sc2nnnn2C2CCCC2)cc1. The molecule has 0 aliphatic heterocycles. The van der Waals surface area contributed by atoms with Gasteiger partial charge in [0.05, 0.1) is 12.1 Å². The van der Waals surface area contributed by atoms with E-state index in [0.29, 0.717) is 6.04 Å². The van der Waals surface area contributed by atoms with Crippen molar-refractivity contribution >= 4 is 11.8 Å².